The fraction of sp³-hybridized carbons (Fsp3) is 0.600. The Balaban J connectivity index is 2.77. The predicted molar refractivity (Wildman–Crippen MR) is 67.1 cm³/mol. The second-order valence-electron chi connectivity index (χ2n) is 3.48. The van der Waals surface area contributed by atoms with Crippen LogP contribution in [0.4, 0.5) is 11.9 Å². The molecule has 92 valence electrons. The summed E-state index contributed by atoms with van der Waals surface area (Å²) in [6.07, 6.45) is 1.39. The second kappa shape index (κ2) is 6.86. The molecule has 7 heteroatoms. The van der Waals surface area contributed by atoms with Crippen LogP contribution in [0.25, 0.3) is 0 Å². The van der Waals surface area contributed by atoms with Crippen molar-refractivity contribution in [2.24, 2.45) is 0 Å². The summed E-state index contributed by atoms with van der Waals surface area (Å²) in [7, 11) is 1.81. The Morgan fingerprint density at radius 1 is 1.41 bits per heavy atom. The molecule has 0 aliphatic rings. The fourth-order valence-corrected chi connectivity index (χ4v) is 1.30. The summed E-state index contributed by atoms with van der Waals surface area (Å²) in [4.78, 5) is 14.0. The summed E-state index contributed by atoms with van der Waals surface area (Å²) in [5.41, 5.74) is 0. The largest absolute Gasteiger partial charge is 0.354 e. The number of aromatic nitrogens is 3. The summed E-state index contributed by atoms with van der Waals surface area (Å²) in [5, 5.41) is 11.7. The number of anilines is 2. The van der Waals surface area contributed by atoms with Crippen LogP contribution in [0.5, 0.6) is 0 Å². The molecule has 6 nitrogen and oxygen atoms in total. The number of hydrogen-bond acceptors (Lipinski definition) is 6. The molecule has 0 saturated carbocycles. The molecule has 1 rings (SSSR count). The number of hydrogen-bond donors (Lipinski definition) is 1. The minimum atomic E-state index is 0.150. The van der Waals surface area contributed by atoms with Gasteiger partial charge in [-0.3, -0.25) is 0 Å². The number of nitriles is 1. The molecule has 1 aromatic rings. The van der Waals surface area contributed by atoms with Gasteiger partial charge in [0.2, 0.25) is 17.2 Å². The highest BCUT2D eigenvalue weighted by Gasteiger charge is 2.08. The fourth-order valence-electron chi connectivity index (χ4n) is 1.14. The first kappa shape index (κ1) is 13.5. The summed E-state index contributed by atoms with van der Waals surface area (Å²) < 4.78 is 0. The zero-order chi connectivity index (χ0) is 12.7. The average molecular weight is 255 g/mol. The molecule has 0 spiro atoms. The van der Waals surface area contributed by atoms with E-state index >= 15 is 0 Å². The van der Waals surface area contributed by atoms with Crippen LogP contribution in [0, 0.1) is 11.3 Å². The van der Waals surface area contributed by atoms with Gasteiger partial charge in [0.1, 0.15) is 0 Å². The Kier molecular flexibility index (Phi) is 5.43. The number of nitrogens with zero attached hydrogens (tertiary/aromatic N) is 5. The van der Waals surface area contributed by atoms with E-state index in [2.05, 4.69) is 33.3 Å². The molecule has 0 aromatic carbocycles. The minimum absolute atomic E-state index is 0.150. The Labute approximate surface area is 106 Å². The van der Waals surface area contributed by atoms with E-state index in [1.165, 1.54) is 0 Å². The van der Waals surface area contributed by atoms with Crippen LogP contribution in [0.1, 0.15) is 19.8 Å². The van der Waals surface area contributed by atoms with E-state index < -0.39 is 0 Å². The molecule has 0 aliphatic heterocycles. The van der Waals surface area contributed by atoms with Gasteiger partial charge in [-0.2, -0.15) is 20.2 Å². The van der Waals surface area contributed by atoms with Crippen LogP contribution >= 0.6 is 11.6 Å². The van der Waals surface area contributed by atoms with Gasteiger partial charge in [-0.05, 0) is 18.0 Å². The van der Waals surface area contributed by atoms with Gasteiger partial charge >= 0.3 is 0 Å². The summed E-state index contributed by atoms with van der Waals surface area (Å²) in [5.74, 6) is 0.935. The maximum atomic E-state index is 8.52. The predicted octanol–water partition coefficient (Wildman–Crippen LogP) is 1.70. The van der Waals surface area contributed by atoms with Crippen LogP contribution in [-0.4, -0.2) is 35.1 Å². The Bertz CT molecular complexity index is 402. The first-order chi connectivity index (χ1) is 8.17. The van der Waals surface area contributed by atoms with Crippen molar-refractivity contribution in [3.05, 3.63) is 5.28 Å². The van der Waals surface area contributed by atoms with E-state index in [1.54, 1.807) is 4.90 Å². The standard InChI is InChI=1S/C10H15ClN6/c1-3-6-13-9-14-8(11)15-10(16-9)17(2)7-4-5-12/h3-4,6-7H2,1-2H3,(H,13,14,15,16). The van der Waals surface area contributed by atoms with E-state index in [0.29, 0.717) is 24.9 Å². The van der Waals surface area contributed by atoms with Crippen molar-refractivity contribution in [1.29, 1.82) is 5.26 Å². The van der Waals surface area contributed by atoms with Gasteiger partial charge < -0.3 is 10.2 Å². The zero-order valence-corrected chi connectivity index (χ0v) is 10.7. The quantitative estimate of drug-likeness (QED) is 0.833. The van der Waals surface area contributed by atoms with Crippen molar-refractivity contribution < 1.29 is 0 Å². The number of halogens is 1. The highest BCUT2D eigenvalue weighted by atomic mass is 35.5. The van der Waals surface area contributed by atoms with Gasteiger partial charge in [0.05, 0.1) is 12.5 Å². The van der Waals surface area contributed by atoms with Gasteiger partial charge in [-0.25, -0.2) is 0 Å². The van der Waals surface area contributed by atoms with E-state index in [1.807, 2.05) is 7.05 Å². The summed E-state index contributed by atoms with van der Waals surface area (Å²) >= 11 is 5.81. The van der Waals surface area contributed by atoms with Gasteiger partial charge in [-0.1, -0.05) is 6.92 Å². The molecule has 0 atom stereocenters. The average Bonchev–Trinajstić information content (AvgIpc) is 2.32. The van der Waals surface area contributed by atoms with Crippen molar-refractivity contribution in [3.8, 4) is 6.07 Å². The molecule has 0 amide bonds. The lowest BCUT2D eigenvalue weighted by Crippen LogP contribution is -2.21. The highest BCUT2D eigenvalue weighted by Crippen LogP contribution is 2.12. The lowest BCUT2D eigenvalue weighted by molar-refractivity contribution is 0.842. The van der Waals surface area contributed by atoms with Crippen LogP contribution < -0.4 is 10.2 Å². The van der Waals surface area contributed by atoms with E-state index in [4.69, 9.17) is 16.9 Å². The van der Waals surface area contributed by atoms with Crippen molar-refractivity contribution >= 4 is 23.5 Å². The first-order valence-corrected chi connectivity index (χ1v) is 5.78. The topological polar surface area (TPSA) is 77.7 Å². The second-order valence-corrected chi connectivity index (χ2v) is 3.82. The maximum absolute atomic E-state index is 8.52. The van der Waals surface area contributed by atoms with Gasteiger partial charge in [0, 0.05) is 20.1 Å². The maximum Gasteiger partial charge on any atom is 0.231 e. The Morgan fingerprint density at radius 3 is 2.82 bits per heavy atom. The van der Waals surface area contributed by atoms with Gasteiger partial charge in [0.25, 0.3) is 0 Å². The SMILES string of the molecule is CCCNc1nc(Cl)nc(N(C)CCC#N)n1. The highest BCUT2D eigenvalue weighted by molar-refractivity contribution is 6.28. The Morgan fingerprint density at radius 2 is 2.18 bits per heavy atom. The van der Waals surface area contributed by atoms with Crippen LogP contribution in [-0.2, 0) is 0 Å². The third-order valence-electron chi connectivity index (χ3n) is 2.03. The van der Waals surface area contributed by atoms with Crippen LogP contribution in [0.2, 0.25) is 5.28 Å². The molecule has 1 aromatic heterocycles. The molecule has 0 bridgehead atoms. The van der Waals surface area contributed by atoms with E-state index in [-0.39, 0.29) is 5.28 Å². The molecule has 1 heterocycles. The molecule has 0 fully saturated rings. The number of nitrogens with one attached hydrogen (secondary N) is 1. The van der Waals surface area contributed by atoms with Crippen molar-refractivity contribution in [2.75, 3.05) is 30.4 Å². The van der Waals surface area contributed by atoms with Gasteiger partial charge in [-0.15, -0.1) is 0 Å². The van der Waals surface area contributed by atoms with Crippen LogP contribution in [0.15, 0.2) is 0 Å². The molecule has 17 heavy (non-hydrogen) atoms. The third-order valence-corrected chi connectivity index (χ3v) is 2.20. The first-order valence-electron chi connectivity index (χ1n) is 5.41. The van der Waals surface area contributed by atoms with Gasteiger partial charge in [0.15, 0.2) is 0 Å². The zero-order valence-electron chi connectivity index (χ0n) is 9.94. The monoisotopic (exact) mass is 254 g/mol. The smallest absolute Gasteiger partial charge is 0.231 e. The van der Waals surface area contributed by atoms with Crippen LogP contribution in [0.3, 0.4) is 0 Å². The lowest BCUT2D eigenvalue weighted by atomic mass is 10.4. The number of rotatable bonds is 6. The molecule has 0 radical (unpaired) electrons. The normalized spacial score (nSPS) is 9.76. The van der Waals surface area contributed by atoms with Crippen molar-refractivity contribution in [1.82, 2.24) is 15.0 Å². The lowest BCUT2D eigenvalue weighted by Gasteiger charge is -2.15. The molecule has 1 N–H and O–H groups in total. The van der Waals surface area contributed by atoms with Crippen molar-refractivity contribution in [3.63, 3.8) is 0 Å². The van der Waals surface area contributed by atoms with E-state index in [9.17, 15) is 0 Å². The third kappa shape index (κ3) is 4.41. The molecular weight excluding hydrogens is 240 g/mol. The molecule has 0 saturated heterocycles. The van der Waals surface area contributed by atoms with Crippen molar-refractivity contribution in [2.45, 2.75) is 19.8 Å². The Hall–Kier alpha value is -1.61. The molecule has 0 unspecified atom stereocenters. The molecule has 0 aliphatic carbocycles. The van der Waals surface area contributed by atoms with E-state index in [0.717, 1.165) is 13.0 Å². The minimum Gasteiger partial charge on any atom is -0.354 e. The summed E-state index contributed by atoms with van der Waals surface area (Å²) in [6, 6.07) is 2.07. The summed E-state index contributed by atoms with van der Waals surface area (Å²) in [6.45, 7) is 3.39. The molecular formula is C10H15ClN6.